The van der Waals surface area contributed by atoms with E-state index >= 15 is 0 Å². The lowest BCUT2D eigenvalue weighted by Gasteiger charge is -2.10. The standard InChI is InChI=1S/C14H9Cl2FO2/c15-10-4-5-13(17)9(6-10)8-19-14-3-1-2-12(16)11(14)7-18/h1-7H,8H2. The topological polar surface area (TPSA) is 26.3 Å². The second-order valence-electron chi connectivity index (χ2n) is 3.79. The zero-order valence-corrected chi connectivity index (χ0v) is 11.2. The highest BCUT2D eigenvalue weighted by molar-refractivity contribution is 6.33. The number of carbonyl (C=O) groups excluding carboxylic acids is 1. The molecular formula is C14H9Cl2FO2. The summed E-state index contributed by atoms with van der Waals surface area (Å²) in [4.78, 5) is 10.9. The molecule has 0 spiro atoms. The normalized spacial score (nSPS) is 10.3. The molecule has 98 valence electrons. The smallest absolute Gasteiger partial charge is 0.155 e. The van der Waals surface area contributed by atoms with E-state index in [-0.39, 0.29) is 12.2 Å². The number of benzene rings is 2. The Bertz CT molecular complexity index is 614. The van der Waals surface area contributed by atoms with Crippen LogP contribution in [0.1, 0.15) is 15.9 Å². The van der Waals surface area contributed by atoms with Gasteiger partial charge in [-0.15, -0.1) is 0 Å². The van der Waals surface area contributed by atoms with Gasteiger partial charge in [-0.05, 0) is 30.3 Å². The van der Waals surface area contributed by atoms with Gasteiger partial charge in [-0.3, -0.25) is 4.79 Å². The molecule has 0 N–H and O–H groups in total. The molecule has 0 saturated heterocycles. The summed E-state index contributed by atoms with van der Waals surface area (Å²) in [6, 6.07) is 9.02. The van der Waals surface area contributed by atoms with Crippen molar-refractivity contribution >= 4 is 29.5 Å². The number of carbonyl (C=O) groups is 1. The van der Waals surface area contributed by atoms with Gasteiger partial charge in [0, 0.05) is 10.6 Å². The van der Waals surface area contributed by atoms with Gasteiger partial charge in [0.15, 0.2) is 6.29 Å². The van der Waals surface area contributed by atoms with Crippen LogP contribution in [0.5, 0.6) is 5.75 Å². The van der Waals surface area contributed by atoms with Crippen molar-refractivity contribution in [1.29, 1.82) is 0 Å². The van der Waals surface area contributed by atoms with Gasteiger partial charge in [-0.2, -0.15) is 0 Å². The molecule has 19 heavy (non-hydrogen) atoms. The third-order valence-corrected chi connectivity index (χ3v) is 3.09. The molecule has 0 bridgehead atoms. The van der Waals surface area contributed by atoms with E-state index in [0.29, 0.717) is 27.6 Å². The molecule has 2 aromatic rings. The third kappa shape index (κ3) is 3.25. The quantitative estimate of drug-likeness (QED) is 0.776. The average molecular weight is 299 g/mol. The monoisotopic (exact) mass is 298 g/mol. The summed E-state index contributed by atoms with van der Waals surface area (Å²) in [5.41, 5.74) is 0.552. The Morgan fingerprint density at radius 3 is 2.74 bits per heavy atom. The van der Waals surface area contributed by atoms with Crippen LogP contribution < -0.4 is 4.74 Å². The molecule has 0 aliphatic rings. The number of ether oxygens (including phenoxy) is 1. The van der Waals surface area contributed by atoms with Crippen LogP contribution in [0.15, 0.2) is 36.4 Å². The molecule has 5 heteroatoms. The lowest BCUT2D eigenvalue weighted by molar-refractivity contribution is 0.111. The van der Waals surface area contributed by atoms with E-state index in [1.54, 1.807) is 18.2 Å². The van der Waals surface area contributed by atoms with Crippen molar-refractivity contribution < 1.29 is 13.9 Å². The largest absolute Gasteiger partial charge is 0.488 e. The van der Waals surface area contributed by atoms with E-state index in [4.69, 9.17) is 27.9 Å². The highest BCUT2D eigenvalue weighted by atomic mass is 35.5. The van der Waals surface area contributed by atoms with Crippen LogP contribution in [0.2, 0.25) is 10.0 Å². The van der Waals surface area contributed by atoms with Crippen LogP contribution >= 0.6 is 23.2 Å². The molecule has 0 aromatic heterocycles. The fraction of sp³-hybridized carbons (Fsp3) is 0.0714. The first kappa shape index (κ1) is 13.8. The SMILES string of the molecule is O=Cc1c(Cl)cccc1OCc1cc(Cl)ccc1F. The molecule has 0 aliphatic heterocycles. The van der Waals surface area contributed by atoms with Crippen molar-refractivity contribution in [1.82, 2.24) is 0 Å². The molecule has 2 rings (SSSR count). The Hall–Kier alpha value is -1.58. The first-order valence-corrected chi connectivity index (χ1v) is 6.18. The minimum atomic E-state index is -0.418. The van der Waals surface area contributed by atoms with Gasteiger partial charge in [0.05, 0.1) is 10.6 Å². The average Bonchev–Trinajstić information content (AvgIpc) is 2.40. The molecule has 0 unspecified atom stereocenters. The maximum absolute atomic E-state index is 13.5. The Balaban J connectivity index is 2.21. The van der Waals surface area contributed by atoms with E-state index in [2.05, 4.69) is 0 Å². The second kappa shape index (κ2) is 6.04. The summed E-state index contributed by atoms with van der Waals surface area (Å²) in [6.07, 6.45) is 0.603. The number of hydrogen-bond donors (Lipinski definition) is 0. The lowest BCUT2D eigenvalue weighted by atomic mass is 10.2. The van der Waals surface area contributed by atoms with Gasteiger partial charge >= 0.3 is 0 Å². The van der Waals surface area contributed by atoms with E-state index in [1.807, 2.05) is 0 Å². The van der Waals surface area contributed by atoms with Gasteiger partial charge in [0.2, 0.25) is 0 Å². The highest BCUT2D eigenvalue weighted by Crippen LogP contribution is 2.26. The Morgan fingerprint density at radius 2 is 2.00 bits per heavy atom. The summed E-state index contributed by atoms with van der Waals surface area (Å²) in [5.74, 6) is -0.110. The summed E-state index contributed by atoms with van der Waals surface area (Å²) in [5, 5.41) is 0.709. The van der Waals surface area contributed by atoms with Crippen molar-refractivity contribution in [3.05, 3.63) is 63.4 Å². The van der Waals surface area contributed by atoms with Crippen LogP contribution in [0, 0.1) is 5.82 Å². The Labute approximate surface area is 119 Å². The molecule has 0 heterocycles. The molecule has 0 saturated carbocycles. The van der Waals surface area contributed by atoms with Crippen LogP contribution in [0.3, 0.4) is 0 Å². The van der Waals surface area contributed by atoms with E-state index in [9.17, 15) is 9.18 Å². The van der Waals surface area contributed by atoms with E-state index in [0.717, 1.165) is 0 Å². The van der Waals surface area contributed by atoms with Crippen molar-refractivity contribution in [3.8, 4) is 5.75 Å². The first-order valence-electron chi connectivity index (χ1n) is 5.42. The molecule has 2 nitrogen and oxygen atoms in total. The fourth-order valence-corrected chi connectivity index (χ4v) is 1.97. The summed E-state index contributed by atoms with van der Waals surface area (Å²) >= 11 is 11.6. The maximum atomic E-state index is 13.5. The van der Waals surface area contributed by atoms with Crippen LogP contribution in [0.25, 0.3) is 0 Å². The van der Waals surface area contributed by atoms with Crippen LogP contribution in [-0.2, 0) is 6.61 Å². The molecule has 2 aromatic carbocycles. The number of aldehydes is 1. The predicted molar refractivity (Wildman–Crippen MR) is 72.6 cm³/mol. The first-order chi connectivity index (χ1) is 9.11. The summed E-state index contributed by atoms with van der Waals surface area (Å²) in [7, 11) is 0. The van der Waals surface area contributed by atoms with Crippen molar-refractivity contribution in [2.75, 3.05) is 0 Å². The number of rotatable bonds is 4. The van der Waals surface area contributed by atoms with Crippen LogP contribution in [0.4, 0.5) is 4.39 Å². The number of hydrogen-bond acceptors (Lipinski definition) is 2. The fourth-order valence-electron chi connectivity index (χ4n) is 1.57. The van der Waals surface area contributed by atoms with Gasteiger partial charge in [0.25, 0.3) is 0 Å². The number of halogens is 3. The van der Waals surface area contributed by atoms with E-state index in [1.165, 1.54) is 18.2 Å². The van der Waals surface area contributed by atoms with Gasteiger partial charge in [-0.1, -0.05) is 29.3 Å². The van der Waals surface area contributed by atoms with Gasteiger partial charge in [-0.25, -0.2) is 4.39 Å². The Kier molecular flexibility index (Phi) is 4.40. The van der Waals surface area contributed by atoms with Crippen molar-refractivity contribution in [3.63, 3.8) is 0 Å². The second-order valence-corrected chi connectivity index (χ2v) is 4.64. The zero-order chi connectivity index (χ0) is 13.8. The van der Waals surface area contributed by atoms with Gasteiger partial charge in [0.1, 0.15) is 18.2 Å². The maximum Gasteiger partial charge on any atom is 0.155 e. The molecule has 0 fully saturated rings. The molecule has 0 atom stereocenters. The minimum absolute atomic E-state index is 0.0342. The van der Waals surface area contributed by atoms with Gasteiger partial charge < -0.3 is 4.74 Å². The Morgan fingerprint density at radius 1 is 1.21 bits per heavy atom. The molecule has 0 aliphatic carbocycles. The third-order valence-electron chi connectivity index (χ3n) is 2.52. The molecule has 0 amide bonds. The van der Waals surface area contributed by atoms with E-state index < -0.39 is 5.82 Å². The minimum Gasteiger partial charge on any atom is -0.488 e. The molecule has 0 radical (unpaired) electrons. The lowest BCUT2D eigenvalue weighted by Crippen LogP contribution is -2.01. The summed E-state index contributed by atoms with van der Waals surface area (Å²) < 4.78 is 18.9. The highest BCUT2D eigenvalue weighted by Gasteiger charge is 2.09. The van der Waals surface area contributed by atoms with Crippen molar-refractivity contribution in [2.24, 2.45) is 0 Å². The summed E-state index contributed by atoms with van der Waals surface area (Å²) in [6.45, 7) is -0.0342. The predicted octanol–water partition coefficient (Wildman–Crippen LogP) is 4.52. The zero-order valence-electron chi connectivity index (χ0n) is 9.70. The van der Waals surface area contributed by atoms with Crippen LogP contribution in [-0.4, -0.2) is 6.29 Å². The van der Waals surface area contributed by atoms with Crippen molar-refractivity contribution in [2.45, 2.75) is 6.61 Å². The molecular weight excluding hydrogens is 290 g/mol.